The van der Waals surface area contributed by atoms with Crippen LogP contribution in [-0.4, -0.2) is 35.0 Å². The summed E-state index contributed by atoms with van der Waals surface area (Å²) in [7, 11) is -1.73. The Morgan fingerprint density at radius 1 is 1.37 bits per heavy atom. The quantitative estimate of drug-likeness (QED) is 0.586. The van der Waals surface area contributed by atoms with E-state index in [1.165, 1.54) is 0 Å². The first-order valence-corrected chi connectivity index (χ1v) is 7.98. The Morgan fingerprint density at radius 2 is 2.16 bits per heavy atom. The van der Waals surface area contributed by atoms with Crippen LogP contribution in [0.25, 0.3) is 0 Å². The Morgan fingerprint density at radius 3 is 2.84 bits per heavy atom. The summed E-state index contributed by atoms with van der Waals surface area (Å²) >= 11 is 0. The number of methoxy groups -OCH3 is 1. The van der Waals surface area contributed by atoms with Crippen LogP contribution in [0.3, 0.4) is 0 Å². The van der Waals surface area contributed by atoms with E-state index < -0.39 is 10.1 Å². The molecule has 0 atom stereocenters. The second-order valence-electron chi connectivity index (χ2n) is 4.50. The molecule has 1 heterocycles. The van der Waals surface area contributed by atoms with Gasteiger partial charge in [0.15, 0.2) is 0 Å². The normalized spacial score (nSPS) is 14.0. The van der Waals surface area contributed by atoms with E-state index in [1.807, 2.05) is 12.1 Å². The van der Waals surface area contributed by atoms with Gasteiger partial charge in [-0.15, -0.1) is 0 Å². The van der Waals surface area contributed by atoms with E-state index >= 15 is 0 Å². The van der Waals surface area contributed by atoms with Gasteiger partial charge in [-0.2, -0.15) is 8.42 Å². The van der Waals surface area contributed by atoms with Gasteiger partial charge in [-0.05, 0) is 30.5 Å². The molecule has 0 spiro atoms. The molecule has 6 heteroatoms. The summed E-state index contributed by atoms with van der Waals surface area (Å²) in [5, 5.41) is 0. The molecule has 106 valence electrons. The highest BCUT2D eigenvalue weighted by atomic mass is 32.2. The molecule has 0 bridgehead atoms. The van der Waals surface area contributed by atoms with E-state index in [1.54, 1.807) is 7.11 Å². The molecule has 1 aliphatic rings. The first-order valence-electron chi connectivity index (χ1n) is 6.16. The average molecular weight is 286 g/mol. The summed E-state index contributed by atoms with van der Waals surface area (Å²) < 4.78 is 37.3. The Bertz CT molecular complexity index is 550. The SMILES string of the molecule is COc1cc(CCCOS(C)(=O)=O)c2c(c1)CCO2. The summed E-state index contributed by atoms with van der Waals surface area (Å²) in [6.45, 7) is 0.875. The van der Waals surface area contributed by atoms with Crippen LogP contribution in [0, 0.1) is 0 Å². The smallest absolute Gasteiger partial charge is 0.264 e. The van der Waals surface area contributed by atoms with Gasteiger partial charge in [0.2, 0.25) is 0 Å². The molecule has 1 aromatic carbocycles. The van der Waals surface area contributed by atoms with Crippen LogP contribution in [-0.2, 0) is 27.1 Å². The Hall–Kier alpha value is -1.27. The number of aryl methyl sites for hydroxylation is 1. The van der Waals surface area contributed by atoms with Crippen LogP contribution in [0.4, 0.5) is 0 Å². The summed E-state index contributed by atoms with van der Waals surface area (Å²) in [6.07, 6.45) is 3.27. The van der Waals surface area contributed by atoms with E-state index in [2.05, 4.69) is 0 Å². The predicted molar refractivity (Wildman–Crippen MR) is 71.3 cm³/mol. The lowest BCUT2D eigenvalue weighted by atomic mass is 10.0. The lowest BCUT2D eigenvalue weighted by Crippen LogP contribution is -2.05. The third-order valence-corrected chi connectivity index (χ3v) is 3.55. The van der Waals surface area contributed by atoms with Crippen LogP contribution >= 0.6 is 0 Å². The maximum absolute atomic E-state index is 10.9. The number of hydrogen-bond donors (Lipinski definition) is 0. The highest BCUT2D eigenvalue weighted by Gasteiger charge is 2.18. The molecule has 0 N–H and O–H groups in total. The summed E-state index contributed by atoms with van der Waals surface area (Å²) in [4.78, 5) is 0. The van der Waals surface area contributed by atoms with Crippen molar-refractivity contribution in [3.8, 4) is 11.5 Å². The van der Waals surface area contributed by atoms with Gasteiger partial charge in [0.25, 0.3) is 10.1 Å². The number of rotatable bonds is 6. The van der Waals surface area contributed by atoms with Crippen LogP contribution in [0.2, 0.25) is 0 Å². The Labute approximate surface area is 113 Å². The van der Waals surface area contributed by atoms with Crippen LogP contribution < -0.4 is 9.47 Å². The minimum absolute atomic E-state index is 0.185. The van der Waals surface area contributed by atoms with Crippen LogP contribution in [0.15, 0.2) is 12.1 Å². The molecule has 0 fully saturated rings. The van der Waals surface area contributed by atoms with Crippen LogP contribution in [0.5, 0.6) is 11.5 Å². The van der Waals surface area contributed by atoms with Gasteiger partial charge in [-0.1, -0.05) is 0 Å². The predicted octanol–water partition coefficient (Wildman–Crippen LogP) is 1.54. The minimum atomic E-state index is -3.36. The van der Waals surface area contributed by atoms with Crippen molar-refractivity contribution >= 4 is 10.1 Å². The highest BCUT2D eigenvalue weighted by Crippen LogP contribution is 2.34. The van der Waals surface area contributed by atoms with Crippen molar-refractivity contribution in [1.29, 1.82) is 0 Å². The van der Waals surface area contributed by atoms with E-state index in [-0.39, 0.29) is 6.61 Å². The lowest BCUT2D eigenvalue weighted by Gasteiger charge is -2.10. The molecule has 2 rings (SSSR count). The van der Waals surface area contributed by atoms with Crippen molar-refractivity contribution in [1.82, 2.24) is 0 Å². The van der Waals surface area contributed by atoms with Crippen molar-refractivity contribution in [3.63, 3.8) is 0 Å². The number of fused-ring (bicyclic) bond motifs is 1. The molecule has 0 amide bonds. The topological polar surface area (TPSA) is 61.8 Å². The zero-order valence-electron chi connectivity index (χ0n) is 11.1. The fraction of sp³-hybridized carbons (Fsp3) is 0.538. The van der Waals surface area contributed by atoms with E-state index in [9.17, 15) is 8.42 Å². The van der Waals surface area contributed by atoms with Gasteiger partial charge in [0, 0.05) is 12.0 Å². The second-order valence-corrected chi connectivity index (χ2v) is 6.15. The molecule has 1 aliphatic heterocycles. The molecular formula is C13H18O5S. The second kappa shape index (κ2) is 5.79. The van der Waals surface area contributed by atoms with E-state index in [0.29, 0.717) is 19.4 Å². The molecule has 0 radical (unpaired) electrons. The Balaban J connectivity index is 2.02. The van der Waals surface area contributed by atoms with Gasteiger partial charge < -0.3 is 9.47 Å². The third kappa shape index (κ3) is 3.84. The van der Waals surface area contributed by atoms with Crippen molar-refractivity contribution < 1.29 is 22.1 Å². The van der Waals surface area contributed by atoms with Gasteiger partial charge in [-0.3, -0.25) is 4.18 Å². The number of benzene rings is 1. The summed E-state index contributed by atoms with van der Waals surface area (Å²) in [5.74, 6) is 1.73. The molecule has 1 aromatic rings. The lowest BCUT2D eigenvalue weighted by molar-refractivity contribution is 0.313. The first kappa shape index (κ1) is 14.1. The third-order valence-electron chi connectivity index (χ3n) is 2.96. The van der Waals surface area contributed by atoms with Gasteiger partial charge in [-0.25, -0.2) is 0 Å². The average Bonchev–Trinajstić information content (AvgIpc) is 2.81. The number of hydrogen-bond acceptors (Lipinski definition) is 5. The zero-order valence-corrected chi connectivity index (χ0v) is 12.0. The fourth-order valence-electron chi connectivity index (χ4n) is 2.13. The van der Waals surface area contributed by atoms with Crippen molar-refractivity contribution in [2.75, 3.05) is 26.6 Å². The molecule has 19 heavy (non-hydrogen) atoms. The molecule has 5 nitrogen and oxygen atoms in total. The van der Waals surface area contributed by atoms with Gasteiger partial charge in [0.05, 0.1) is 26.6 Å². The first-order chi connectivity index (χ1) is 8.99. The van der Waals surface area contributed by atoms with Crippen LogP contribution in [0.1, 0.15) is 17.5 Å². The van der Waals surface area contributed by atoms with Gasteiger partial charge >= 0.3 is 0 Å². The standard InChI is InChI=1S/C13H18O5S/c1-16-12-8-10(4-3-6-18-19(2,14)15)13-11(9-12)5-7-17-13/h8-9H,3-7H2,1-2H3. The molecule has 0 aromatic heterocycles. The largest absolute Gasteiger partial charge is 0.497 e. The van der Waals surface area contributed by atoms with Crippen molar-refractivity contribution in [2.45, 2.75) is 19.3 Å². The monoisotopic (exact) mass is 286 g/mol. The maximum Gasteiger partial charge on any atom is 0.264 e. The maximum atomic E-state index is 10.9. The highest BCUT2D eigenvalue weighted by molar-refractivity contribution is 7.85. The Kier molecular flexibility index (Phi) is 4.31. The molecule has 0 unspecified atom stereocenters. The molecular weight excluding hydrogens is 268 g/mol. The minimum Gasteiger partial charge on any atom is -0.497 e. The zero-order chi connectivity index (χ0) is 13.9. The summed E-state index contributed by atoms with van der Waals surface area (Å²) in [5.41, 5.74) is 2.20. The van der Waals surface area contributed by atoms with Gasteiger partial charge in [0.1, 0.15) is 11.5 Å². The fourth-order valence-corrected chi connectivity index (χ4v) is 2.55. The van der Waals surface area contributed by atoms with Crippen molar-refractivity contribution in [2.24, 2.45) is 0 Å². The van der Waals surface area contributed by atoms with E-state index in [4.69, 9.17) is 13.7 Å². The molecule has 0 aliphatic carbocycles. The molecule has 0 saturated heterocycles. The molecule has 0 saturated carbocycles. The summed E-state index contributed by atoms with van der Waals surface area (Å²) in [6, 6.07) is 3.92. The van der Waals surface area contributed by atoms with Crippen molar-refractivity contribution in [3.05, 3.63) is 23.3 Å². The number of ether oxygens (including phenoxy) is 2. The van der Waals surface area contributed by atoms with E-state index in [0.717, 1.165) is 35.3 Å².